The first kappa shape index (κ1) is 12.5. The maximum absolute atomic E-state index is 13.3. The van der Waals surface area contributed by atoms with Gasteiger partial charge in [0.05, 0.1) is 0 Å². The Bertz CT molecular complexity index is 362. The van der Waals surface area contributed by atoms with Crippen LogP contribution in [0.15, 0.2) is 18.2 Å². The van der Waals surface area contributed by atoms with Crippen LogP contribution in [0.5, 0.6) is 0 Å². The highest BCUT2D eigenvalue weighted by Gasteiger charge is 2.12. The van der Waals surface area contributed by atoms with Gasteiger partial charge in [0, 0.05) is 12.1 Å². The first-order valence-corrected chi connectivity index (χ1v) is 6.11. The number of nitrogens with one attached hydrogen (secondary N) is 2. The van der Waals surface area contributed by atoms with E-state index in [1.54, 1.807) is 0 Å². The summed E-state index contributed by atoms with van der Waals surface area (Å²) in [5.74, 6) is -0.136. The molecule has 1 fully saturated rings. The molecule has 0 aliphatic carbocycles. The highest BCUT2D eigenvalue weighted by molar-refractivity contribution is 5.18. The average molecular weight is 240 g/mol. The molecule has 1 heterocycles. The molecule has 4 heteroatoms. The van der Waals surface area contributed by atoms with Gasteiger partial charge in [-0.05, 0) is 56.6 Å². The molecule has 0 spiro atoms. The molecule has 0 amide bonds. The normalized spacial score (nSPS) is 20.5. The van der Waals surface area contributed by atoms with Crippen LogP contribution in [-0.2, 0) is 6.54 Å². The Hall–Kier alpha value is -1.00. The summed E-state index contributed by atoms with van der Waals surface area (Å²) in [6.07, 6.45) is 2.40. The van der Waals surface area contributed by atoms with Crippen LogP contribution >= 0.6 is 0 Å². The smallest absolute Gasteiger partial charge is 0.127 e. The van der Waals surface area contributed by atoms with Crippen molar-refractivity contribution >= 4 is 0 Å². The monoisotopic (exact) mass is 240 g/mol. The summed E-state index contributed by atoms with van der Waals surface area (Å²) in [5.41, 5.74) is 0.397. The van der Waals surface area contributed by atoms with Gasteiger partial charge in [0.15, 0.2) is 0 Å². The van der Waals surface area contributed by atoms with Gasteiger partial charge < -0.3 is 10.6 Å². The van der Waals surface area contributed by atoms with Gasteiger partial charge >= 0.3 is 0 Å². The zero-order valence-electron chi connectivity index (χ0n) is 9.81. The number of benzene rings is 1. The predicted octanol–water partition coefficient (Wildman–Crippen LogP) is 2.05. The maximum atomic E-state index is 13.3. The molecule has 1 aromatic rings. The summed E-state index contributed by atoms with van der Waals surface area (Å²) in [4.78, 5) is 0. The summed E-state index contributed by atoms with van der Waals surface area (Å²) in [5, 5.41) is 6.52. The van der Waals surface area contributed by atoms with Gasteiger partial charge in [-0.3, -0.25) is 0 Å². The molecule has 1 atom stereocenters. The molecular weight excluding hydrogens is 222 g/mol. The standard InChI is InChI=1S/C13H18F2N2/c14-12-3-4-13(15)11(6-12)9-17-8-10-2-1-5-16-7-10/h3-4,6,10,16-17H,1-2,5,7-9H2. The van der Waals surface area contributed by atoms with Crippen molar-refractivity contribution in [2.75, 3.05) is 19.6 Å². The van der Waals surface area contributed by atoms with Gasteiger partial charge in [0.25, 0.3) is 0 Å². The highest BCUT2D eigenvalue weighted by Crippen LogP contribution is 2.11. The van der Waals surface area contributed by atoms with Gasteiger partial charge in [-0.25, -0.2) is 8.78 Å². The second kappa shape index (κ2) is 6.07. The van der Waals surface area contributed by atoms with E-state index in [1.165, 1.54) is 25.0 Å². The van der Waals surface area contributed by atoms with Crippen LogP contribution in [0.4, 0.5) is 8.78 Å². The van der Waals surface area contributed by atoms with E-state index in [-0.39, 0.29) is 11.6 Å². The van der Waals surface area contributed by atoms with Crippen molar-refractivity contribution < 1.29 is 8.78 Å². The predicted molar refractivity (Wildman–Crippen MR) is 63.7 cm³/mol. The van der Waals surface area contributed by atoms with E-state index in [9.17, 15) is 8.78 Å². The second-order valence-corrected chi connectivity index (χ2v) is 4.58. The Morgan fingerprint density at radius 1 is 1.35 bits per heavy atom. The summed E-state index contributed by atoms with van der Waals surface area (Å²) >= 11 is 0. The maximum Gasteiger partial charge on any atom is 0.127 e. The van der Waals surface area contributed by atoms with Crippen molar-refractivity contribution in [2.24, 2.45) is 5.92 Å². The van der Waals surface area contributed by atoms with Crippen molar-refractivity contribution in [1.82, 2.24) is 10.6 Å². The molecule has 1 aliphatic heterocycles. The molecule has 0 bridgehead atoms. The lowest BCUT2D eigenvalue weighted by molar-refractivity contribution is 0.359. The molecule has 94 valence electrons. The minimum Gasteiger partial charge on any atom is -0.316 e. The summed E-state index contributed by atoms with van der Waals surface area (Å²) in [7, 11) is 0. The van der Waals surface area contributed by atoms with Gasteiger partial charge in [-0.15, -0.1) is 0 Å². The SMILES string of the molecule is Fc1ccc(F)c(CNCC2CCCNC2)c1. The van der Waals surface area contributed by atoms with Gasteiger partial charge in [0.1, 0.15) is 11.6 Å². The number of halogens is 2. The van der Waals surface area contributed by atoms with Crippen LogP contribution in [0.2, 0.25) is 0 Å². The molecular formula is C13H18F2N2. The largest absolute Gasteiger partial charge is 0.316 e. The van der Waals surface area contributed by atoms with Crippen molar-refractivity contribution in [3.63, 3.8) is 0 Å². The lowest BCUT2D eigenvalue weighted by Gasteiger charge is -2.23. The molecule has 1 unspecified atom stereocenters. The Labute approximate surface area is 100 Å². The molecule has 2 N–H and O–H groups in total. The zero-order chi connectivity index (χ0) is 12.1. The van der Waals surface area contributed by atoms with Crippen LogP contribution in [0.1, 0.15) is 18.4 Å². The van der Waals surface area contributed by atoms with E-state index in [1.807, 2.05) is 0 Å². The fourth-order valence-corrected chi connectivity index (χ4v) is 2.19. The highest BCUT2D eigenvalue weighted by atomic mass is 19.1. The van der Waals surface area contributed by atoms with E-state index in [2.05, 4.69) is 10.6 Å². The lowest BCUT2D eigenvalue weighted by atomic mass is 10.00. The summed E-state index contributed by atoms with van der Waals surface area (Å²) in [6.45, 7) is 3.34. The zero-order valence-corrected chi connectivity index (χ0v) is 9.81. The van der Waals surface area contributed by atoms with E-state index in [4.69, 9.17) is 0 Å². The van der Waals surface area contributed by atoms with Crippen molar-refractivity contribution in [3.8, 4) is 0 Å². The van der Waals surface area contributed by atoms with Crippen LogP contribution < -0.4 is 10.6 Å². The Kier molecular flexibility index (Phi) is 4.45. The fraction of sp³-hybridized carbons (Fsp3) is 0.538. The second-order valence-electron chi connectivity index (χ2n) is 4.58. The van der Waals surface area contributed by atoms with Crippen molar-refractivity contribution in [1.29, 1.82) is 0 Å². The fourth-order valence-electron chi connectivity index (χ4n) is 2.19. The quantitative estimate of drug-likeness (QED) is 0.841. The Balaban J connectivity index is 1.79. The minimum atomic E-state index is -0.387. The molecule has 17 heavy (non-hydrogen) atoms. The van der Waals surface area contributed by atoms with Crippen LogP contribution in [0.25, 0.3) is 0 Å². The van der Waals surface area contributed by atoms with Crippen LogP contribution in [0, 0.1) is 17.6 Å². The molecule has 0 radical (unpaired) electrons. The van der Waals surface area contributed by atoms with E-state index in [0.717, 1.165) is 25.7 Å². The number of hydrogen-bond donors (Lipinski definition) is 2. The molecule has 2 rings (SSSR count). The third-order valence-electron chi connectivity index (χ3n) is 3.16. The number of rotatable bonds is 4. The average Bonchev–Trinajstić information content (AvgIpc) is 2.35. The first-order chi connectivity index (χ1) is 8.25. The van der Waals surface area contributed by atoms with Gasteiger partial charge in [0.2, 0.25) is 0 Å². The first-order valence-electron chi connectivity index (χ1n) is 6.11. The minimum absolute atomic E-state index is 0.347. The molecule has 1 saturated heterocycles. The Morgan fingerprint density at radius 3 is 3.00 bits per heavy atom. The van der Waals surface area contributed by atoms with E-state index in [0.29, 0.717) is 18.0 Å². The van der Waals surface area contributed by atoms with E-state index >= 15 is 0 Å². The third kappa shape index (κ3) is 3.75. The van der Waals surface area contributed by atoms with Gasteiger partial charge in [-0.1, -0.05) is 0 Å². The van der Waals surface area contributed by atoms with Crippen LogP contribution in [0.3, 0.4) is 0 Å². The number of piperidine rings is 1. The van der Waals surface area contributed by atoms with Crippen LogP contribution in [-0.4, -0.2) is 19.6 Å². The number of hydrogen-bond acceptors (Lipinski definition) is 2. The lowest BCUT2D eigenvalue weighted by Crippen LogP contribution is -2.35. The van der Waals surface area contributed by atoms with Crippen molar-refractivity contribution in [3.05, 3.63) is 35.4 Å². The third-order valence-corrected chi connectivity index (χ3v) is 3.16. The molecule has 0 saturated carbocycles. The topological polar surface area (TPSA) is 24.1 Å². The molecule has 1 aliphatic rings. The summed E-state index contributed by atoms with van der Waals surface area (Å²) in [6, 6.07) is 3.57. The Morgan fingerprint density at radius 2 is 2.24 bits per heavy atom. The van der Waals surface area contributed by atoms with Gasteiger partial charge in [-0.2, -0.15) is 0 Å². The molecule has 1 aromatic carbocycles. The molecule has 0 aromatic heterocycles. The molecule has 2 nitrogen and oxygen atoms in total. The summed E-state index contributed by atoms with van der Waals surface area (Å²) < 4.78 is 26.2. The van der Waals surface area contributed by atoms with E-state index < -0.39 is 0 Å². The van der Waals surface area contributed by atoms with Crippen molar-refractivity contribution in [2.45, 2.75) is 19.4 Å².